The first-order valence-electron chi connectivity index (χ1n) is 6.06. The normalized spacial score (nSPS) is 28.1. The van der Waals surface area contributed by atoms with Crippen LogP contribution in [0.3, 0.4) is 0 Å². The molecule has 0 N–H and O–H groups in total. The van der Waals surface area contributed by atoms with E-state index in [0.717, 1.165) is 19.0 Å². The van der Waals surface area contributed by atoms with Crippen LogP contribution in [0.2, 0.25) is 0 Å². The molecule has 2 aliphatic heterocycles. The predicted molar refractivity (Wildman–Crippen MR) is 58.9 cm³/mol. The van der Waals surface area contributed by atoms with Crippen LogP contribution >= 0.6 is 0 Å². The number of nitrogens with zero attached hydrogens (tertiary/aromatic N) is 2. The Morgan fingerprint density at radius 1 is 0.929 bits per heavy atom. The minimum atomic E-state index is 0.910. The molecule has 2 nitrogen and oxygen atoms in total. The Morgan fingerprint density at radius 2 is 1.57 bits per heavy atom. The van der Waals surface area contributed by atoms with Gasteiger partial charge in [-0.3, -0.25) is 4.90 Å². The lowest BCUT2D eigenvalue weighted by molar-refractivity contribution is 0.151. The molecule has 0 aromatic carbocycles. The molecule has 2 radical (unpaired) electrons. The van der Waals surface area contributed by atoms with Crippen LogP contribution in [0, 0.1) is 13.0 Å². The van der Waals surface area contributed by atoms with Gasteiger partial charge in [0.1, 0.15) is 0 Å². The lowest BCUT2D eigenvalue weighted by Gasteiger charge is -2.34. The summed E-state index contributed by atoms with van der Waals surface area (Å²) in [6, 6.07) is 0. The van der Waals surface area contributed by atoms with E-state index >= 15 is 0 Å². The second kappa shape index (κ2) is 5.13. The Bertz CT molecular complexity index is 156. The van der Waals surface area contributed by atoms with E-state index in [1.165, 1.54) is 51.7 Å². The van der Waals surface area contributed by atoms with Crippen molar-refractivity contribution in [2.45, 2.75) is 32.1 Å². The first-order chi connectivity index (χ1) is 6.84. The molecule has 2 saturated heterocycles. The molecule has 0 aromatic rings. The third-order valence-electron chi connectivity index (χ3n) is 3.61. The van der Waals surface area contributed by atoms with E-state index in [0.29, 0.717) is 0 Å². The van der Waals surface area contributed by atoms with Gasteiger partial charge in [0.15, 0.2) is 0 Å². The predicted octanol–water partition coefficient (Wildman–Crippen LogP) is 1.85. The van der Waals surface area contributed by atoms with Gasteiger partial charge in [-0.1, -0.05) is 6.42 Å². The van der Waals surface area contributed by atoms with E-state index in [4.69, 9.17) is 7.05 Å². The van der Waals surface area contributed by atoms with Crippen LogP contribution in [0.1, 0.15) is 32.1 Å². The zero-order valence-corrected chi connectivity index (χ0v) is 9.12. The van der Waals surface area contributed by atoms with Gasteiger partial charge in [-0.25, -0.2) is 0 Å². The molecule has 0 unspecified atom stereocenters. The van der Waals surface area contributed by atoms with Crippen LogP contribution in [0.25, 0.3) is 0 Å². The van der Waals surface area contributed by atoms with E-state index in [1.807, 2.05) is 4.90 Å². The Kier molecular flexibility index (Phi) is 3.82. The molecule has 0 aliphatic carbocycles. The average Bonchev–Trinajstić information content (AvgIpc) is 2.23. The highest BCUT2D eigenvalue weighted by Gasteiger charge is 2.20. The van der Waals surface area contributed by atoms with Gasteiger partial charge < -0.3 is 4.90 Å². The van der Waals surface area contributed by atoms with Gasteiger partial charge in [0.25, 0.3) is 0 Å². The van der Waals surface area contributed by atoms with Crippen molar-refractivity contribution in [2.75, 3.05) is 32.7 Å². The molecular formula is C12H22N2. The molecule has 2 heteroatoms. The van der Waals surface area contributed by atoms with Crippen LogP contribution in [0.4, 0.5) is 0 Å². The van der Waals surface area contributed by atoms with Crippen LogP contribution in [0.5, 0.6) is 0 Å². The highest BCUT2D eigenvalue weighted by atomic mass is 15.1. The van der Waals surface area contributed by atoms with Gasteiger partial charge in [0, 0.05) is 13.6 Å². The Hall–Kier alpha value is -0.0800. The molecule has 2 aliphatic rings. The molecule has 0 bridgehead atoms. The molecule has 14 heavy (non-hydrogen) atoms. The van der Waals surface area contributed by atoms with Gasteiger partial charge in [0.2, 0.25) is 0 Å². The van der Waals surface area contributed by atoms with Crippen molar-refractivity contribution in [3.63, 3.8) is 0 Å². The number of piperidine rings is 2. The van der Waals surface area contributed by atoms with Crippen molar-refractivity contribution in [1.82, 2.24) is 9.80 Å². The van der Waals surface area contributed by atoms with Crippen molar-refractivity contribution in [2.24, 2.45) is 5.92 Å². The van der Waals surface area contributed by atoms with Gasteiger partial charge in [-0.2, -0.15) is 0 Å². The summed E-state index contributed by atoms with van der Waals surface area (Å²) in [6.07, 6.45) is 6.86. The summed E-state index contributed by atoms with van der Waals surface area (Å²) < 4.78 is 0. The average molecular weight is 194 g/mol. The Morgan fingerprint density at radius 3 is 2.21 bits per heavy atom. The standard InChI is InChI=1S/C12H22N2/c1-13-9-5-12(6-10-13)11-14-7-3-2-4-8-14/h1,12H,2-11H2. The third kappa shape index (κ3) is 2.96. The smallest absolute Gasteiger partial charge is 0.0438 e. The van der Waals surface area contributed by atoms with E-state index in [2.05, 4.69) is 4.90 Å². The van der Waals surface area contributed by atoms with Gasteiger partial charge >= 0.3 is 0 Å². The van der Waals surface area contributed by atoms with Crippen molar-refractivity contribution in [3.8, 4) is 0 Å². The number of hydrogen-bond acceptors (Lipinski definition) is 2. The Labute approximate surface area is 88.3 Å². The lowest BCUT2D eigenvalue weighted by Crippen LogP contribution is -2.38. The van der Waals surface area contributed by atoms with Crippen molar-refractivity contribution < 1.29 is 0 Å². The molecule has 0 saturated carbocycles. The fourth-order valence-electron chi connectivity index (χ4n) is 2.64. The topological polar surface area (TPSA) is 6.48 Å². The Balaban J connectivity index is 1.68. The van der Waals surface area contributed by atoms with Crippen molar-refractivity contribution >= 4 is 0 Å². The van der Waals surface area contributed by atoms with E-state index in [9.17, 15) is 0 Å². The van der Waals surface area contributed by atoms with Crippen molar-refractivity contribution in [1.29, 1.82) is 0 Å². The highest BCUT2D eigenvalue weighted by molar-refractivity contribution is 4.76. The molecule has 0 amide bonds. The monoisotopic (exact) mass is 194 g/mol. The third-order valence-corrected chi connectivity index (χ3v) is 3.61. The maximum atomic E-state index is 5.75. The van der Waals surface area contributed by atoms with Gasteiger partial charge in [-0.05, 0) is 57.8 Å². The molecular weight excluding hydrogens is 172 g/mol. The zero-order valence-electron chi connectivity index (χ0n) is 9.12. The number of likely N-dealkylation sites (tertiary alicyclic amines) is 2. The summed E-state index contributed by atoms with van der Waals surface area (Å²) in [7, 11) is 5.75. The minimum absolute atomic E-state index is 0.910. The minimum Gasteiger partial charge on any atom is -0.303 e. The van der Waals surface area contributed by atoms with E-state index in [1.54, 1.807) is 0 Å². The van der Waals surface area contributed by atoms with Gasteiger partial charge in [-0.15, -0.1) is 0 Å². The van der Waals surface area contributed by atoms with Crippen LogP contribution in [-0.2, 0) is 0 Å². The molecule has 2 rings (SSSR count). The summed E-state index contributed by atoms with van der Waals surface area (Å²) in [6.45, 7) is 6.19. The van der Waals surface area contributed by atoms with Crippen LogP contribution in [-0.4, -0.2) is 42.5 Å². The van der Waals surface area contributed by atoms with Crippen LogP contribution < -0.4 is 0 Å². The SMILES string of the molecule is [CH]N1CCC(CN2CCCCC2)CC1. The number of rotatable bonds is 2. The molecule has 80 valence electrons. The summed E-state index contributed by atoms with van der Waals surface area (Å²) >= 11 is 0. The molecule has 0 spiro atoms. The highest BCUT2D eigenvalue weighted by Crippen LogP contribution is 2.19. The fourth-order valence-corrected chi connectivity index (χ4v) is 2.64. The largest absolute Gasteiger partial charge is 0.303 e. The van der Waals surface area contributed by atoms with E-state index < -0.39 is 0 Å². The molecule has 2 heterocycles. The van der Waals surface area contributed by atoms with Gasteiger partial charge in [0.05, 0.1) is 0 Å². The summed E-state index contributed by atoms with van der Waals surface area (Å²) in [5, 5.41) is 0. The second-order valence-electron chi connectivity index (χ2n) is 4.84. The first-order valence-corrected chi connectivity index (χ1v) is 6.06. The molecule has 0 aromatic heterocycles. The van der Waals surface area contributed by atoms with Crippen LogP contribution in [0.15, 0.2) is 0 Å². The zero-order chi connectivity index (χ0) is 9.80. The molecule has 2 fully saturated rings. The first kappa shape index (κ1) is 10.4. The number of hydrogen-bond donors (Lipinski definition) is 0. The van der Waals surface area contributed by atoms with Crippen molar-refractivity contribution in [3.05, 3.63) is 7.05 Å². The fraction of sp³-hybridized carbons (Fsp3) is 0.917. The molecule has 0 atom stereocenters. The second-order valence-corrected chi connectivity index (χ2v) is 4.84. The summed E-state index contributed by atoms with van der Waals surface area (Å²) in [4.78, 5) is 4.62. The van der Waals surface area contributed by atoms with E-state index in [-0.39, 0.29) is 0 Å². The summed E-state index contributed by atoms with van der Waals surface area (Å²) in [5.41, 5.74) is 0. The quantitative estimate of drug-likeness (QED) is 0.662. The maximum absolute atomic E-state index is 5.75. The maximum Gasteiger partial charge on any atom is 0.0438 e. The lowest BCUT2D eigenvalue weighted by atomic mass is 9.96. The summed E-state index contributed by atoms with van der Waals surface area (Å²) in [5.74, 6) is 0.910.